The van der Waals surface area contributed by atoms with Crippen molar-refractivity contribution >= 4 is 17.9 Å². The van der Waals surface area contributed by atoms with Gasteiger partial charge in [-0.3, -0.25) is 14.4 Å². The molecule has 0 heterocycles. The topological polar surface area (TPSA) is 78.9 Å². The van der Waals surface area contributed by atoms with Crippen LogP contribution in [0.2, 0.25) is 0 Å². The molecule has 78 heavy (non-hydrogen) atoms. The number of rotatable bonds is 60. The molecule has 6 heteroatoms. The molecule has 0 fully saturated rings. The smallest absolute Gasteiger partial charge is 0.306 e. The maximum absolute atomic E-state index is 12.9. The maximum Gasteiger partial charge on any atom is 0.306 e. The lowest BCUT2D eigenvalue weighted by atomic mass is 10.0. The van der Waals surface area contributed by atoms with Crippen LogP contribution in [0.4, 0.5) is 0 Å². The van der Waals surface area contributed by atoms with Crippen molar-refractivity contribution in [2.45, 2.75) is 329 Å². The van der Waals surface area contributed by atoms with Gasteiger partial charge in [-0.2, -0.15) is 0 Å². The van der Waals surface area contributed by atoms with E-state index in [9.17, 15) is 14.4 Å². The summed E-state index contributed by atoms with van der Waals surface area (Å²) in [7, 11) is 0. The first-order chi connectivity index (χ1) is 38.5. The second-order valence-electron chi connectivity index (χ2n) is 22.0. The van der Waals surface area contributed by atoms with E-state index >= 15 is 0 Å². The van der Waals surface area contributed by atoms with Crippen LogP contribution in [0.3, 0.4) is 0 Å². The molecule has 0 spiro atoms. The van der Waals surface area contributed by atoms with Crippen molar-refractivity contribution < 1.29 is 28.6 Å². The predicted molar refractivity (Wildman–Crippen MR) is 339 cm³/mol. The number of esters is 3. The predicted octanol–water partition coefficient (Wildman–Crippen LogP) is 22.8. The number of unbranched alkanes of at least 4 members (excludes halogenated alkanes) is 33. The second kappa shape index (κ2) is 65.8. The summed E-state index contributed by atoms with van der Waals surface area (Å²) >= 11 is 0. The fourth-order valence-electron chi connectivity index (χ4n) is 9.36. The van der Waals surface area contributed by atoms with Gasteiger partial charge in [0.1, 0.15) is 13.2 Å². The molecule has 6 nitrogen and oxygen atoms in total. The Morgan fingerprint density at radius 1 is 0.269 bits per heavy atom. The number of allylic oxidation sites excluding steroid dienone is 16. The molecule has 0 aliphatic rings. The van der Waals surface area contributed by atoms with Crippen LogP contribution < -0.4 is 0 Å². The van der Waals surface area contributed by atoms with E-state index in [1.165, 1.54) is 161 Å². The van der Waals surface area contributed by atoms with Gasteiger partial charge in [0.15, 0.2) is 6.10 Å². The Bertz CT molecular complexity index is 1530. The van der Waals surface area contributed by atoms with Gasteiger partial charge in [-0.25, -0.2) is 0 Å². The van der Waals surface area contributed by atoms with E-state index < -0.39 is 6.10 Å². The first kappa shape index (κ1) is 74.3. The average molecular weight is 1090 g/mol. The lowest BCUT2D eigenvalue weighted by molar-refractivity contribution is -0.167. The van der Waals surface area contributed by atoms with Gasteiger partial charge in [-0.15, -0.1) is 0 Å². The molecule has 0 N–H and O–H groups in total. The summed E-state index contributed by atoms with van der Waals surface area (Å²) in [6.45, 7) is 6.49. The Morgan fingerprint density at radius 2 is 0.500 bits per heavy atom. The minimum Gasteiger partial charge on any atom is -0.462 e. The summed E-state index contributed by atoms with van der Waals surface area (Å²) in [5.41, 5.74) is 0. The molecular weight excluding hydrogens is 961 g/mol. The fraction of sp³-hybridized carbons (Fsp3) is 0.736. The Morgan fingerprint density at radius 3 is 0.833 bits per heavy atom. The van der Waals surface area contributed by atoms with E-state index in [1.807, 2.05) is 0 Å². The van der Waals surface area contributed by atoms with Crippen molar-refractivity contribution in [1.82, 2.24) is 0 Å². The summed E-state index contributed by atoms with van der Waals surface area (Å²) < 4.78 is 16.9. The van der Waals surface area contributed by atoms with Gasteiger partial charge in [0, 0.05) is 19.3 Å². The van der Waals surface area contributed by atoms with Gasteiger partial charge in [-0.1, -0.05) is 298 Å². The van der Waals surface area contributed by atoms with E-state index in [2.05, 4.69) is 118 Å². The SMILES string of the molecule is CC/C=C\C/C=C\C/C=C\C/C=C\C/C=C\C/C=C\CCCCC(=O)OC(COC(=O)CCCCCCC/C=C\C/C=C\CCCCC)COC(=O)CCCCCCCCCCCCCCCCCCCCCCCCCC. The minimum absolute atomic E-state index is 0.0977. The summed E-state index contributed by atoms with van der Waals surface area (Å²) in [4.78, 5) is 38.4. The molecule has 0 saturated carbocycles. The quantitative estimate of drug-likeness (QED) is 0.0261. The van der Waals surface area contributed by atoms with Crippen molar-refractivity contribution in [3.8, 4) is 0 Å². The highest BCUT2D eigenvalue weighted by molar-refractivity contribution is 5.71. The van der Waals surface area contributed by atoms with E-state index in [0.29, 0.717) is 19.3 Å². The molecule has 0 aromatic carbocycles. The third-order valence-electron chi connectivity index (χ3n) is 14.3. The molecule has 0 radical (unpaired) electrons. The van der Waals surface area contributed by atoms with Crippen LogP contribution >= 0.6 is 0 Å². The Labute approximate surface area is 483 Å². The molecule has 0 aliphatic carbocycles. The van der Waals surface area contributed by atoms with Crippen LogP contribution in [-0.2, 0) is 28.6 Å². The van der Waals surface area contributed by atoms with Crippen molar-refractivity contribution in [1.29, 1.82) is 0 Å². The van der Waals surface area contributed by atoms with Crippen LogP contribution in [0, 0.1) is 0 Å². The second-order valence-corrected chi connectivity index (χ2v) is 22.0. The van der Waals surface area contributed by atoms with Crippen molar-refractivity contribution in [2.75, 3.05) is 13.2 Å². The first-order valence-electron chi connectivity index (χ1n) is 33.2. The van der Waals surface area contributed by atoms with E-state index in [4.69, 9.17) is 14.2 Å². The van der Waals surface area contributed by atoms with Crippen LogP contribution in [0.15, 0.2) is 97.2 Å². The summed E-state index contributed by atoms with van der Waals surface area (Å²) in [6, 6.07) is 0. The molecule has 0 aliphatic heterocycles. The lowest BCUT2D eigenvalue weighted by Crippen LogP contribution is -2.30. The number of carbonyl (C=O) groups is 3. The zero-order valence-corrected chi connectivity index (χ0v) is 51.4. The maximum atomic E-state index is 12.9. The van der Waals surface area contributed by atoms with Crippen molar-refractivity contribution in [2.24, 2.45) is 0 Å². The summed E-state index contributed by atoms with van der Waals surface area (Å²) in [5.74, 6) is -0.944. The Hall–Kier alpha value is -3.67. The highest BCUT2D eigenvalue weighted by atomic mass is 16.6. The Kier molecular flexibility index (Phi) is 62.7. The van der Waals surface area contributed by atoms with Gasteiger partial charge in [0.2, 0.25) is 0 Å². The van der Waals surface area contributed by atoms with Gasteiger partial charge >= 0.3 is 17.9 Å². The van der Waals surface area contributed by atoms with Gasteiger partial charge in [-0.05, 0) is 103 Å². The van der Waals surface area contributed by atoms with Crippen LogP contribution in [0.5, 0.6) is 0 Å². The third kappa shape index (κ3) is 63.2. The zero-order chi connectivity index (χ0) is 56.4. The molecule has 1 unspecified atom stereocenters. The molecule has 448 valence electrons. The standard InChI is InChI=1S/C72H124O6/c1-4-7-10-13-16-19-22-25-28-30-32-34-35-36-38-39-41-44-47-50-53-56-59-62-65-71(74)77-68-69(67-76-70(73)64-61-58-55-52-49-46-43-27-24-21-18-15-12-9-6-3)78-72(75)66-63-60-57-54-51-48-45-42-40-37-33-31-29-26-23-20-17-14-11-8-5-2/h8,11,17-18,20-21,26-27,29,33,37,42-43,45,51,54,69H,4-7,9-10,12-16,19,22-25,28,30-32,34-36,38-41,44,46-50,52-53,55-68H2,1-3H3/b11-8-,20-17-,21-18-,29-26-,37-33-,43-27-,45-42-,54-51-. The van der Waals surface area contributed by atoms with Crippen LogP contribution in [0.25, 0.3) is 0 Å². The largest absolute Gasteiger partial charge is 0.462 e. The minimum atomic E-state index is -0.808. The van der Waals surface area contributed by atoms with Gasteiger partial charge in [0.25, 0.3) is 0 Å². The zero-order valence-electron chi connectivity index (χ0n) is 51.4. The molecule has 0 amide bonds. The summed E-state index contributed by atoms with van der Waals surface area (Å²) in [6.07, 6.45) is 88.5. The van der Waals surface area contributed by atoms with Crippen molar-refractivity contribution in [3.05, 3.63) is 97.2 Å². The highest BCUT2D eigenvalue weighted by Crippen LogP contribution is 2.17. The third-order valence-corrected chi connectivity index (χ3v) is 14.3. The average Bonchev–Trinajstić information content (AvgIpc) is 3.44. The summed E-state index contributed by atoms with van der Waals surface area (Å²) in [5, 5.41) is 0. The molecule has 0 saturated heterocycles. The molecule has 0 aromatic heterocycles. The van der Waals surface area contributed by atoms with Gasteiger partial charge < -0.3 is 14.2 Å². The van der Waals surface area contributed by atoms with E-state index in [0.717, 1.165) is 116 Å². The number of carbonyl (C=O) groups excluding carboxylic acids is 3. The molecule has 0 aromatic rings. The molecule has 0 rings (SSSR count). The molecular formula is C72H124O6. The van der Waals surface area contributed by atoms with E-state index in [-0.39, 0.29) is 37.5 Å². The van der Waals surface area contributed by atoms with Crippen LogP contribution in [-0.4, -0.2) is 37.2 Å². The number of ether oxygens (including phenoxy) is 3. The fourth-order valence-corrected chi connectivity index (χ4v) is 9.36. The number of hydrogen-bond acceptors (Lipinski definition) is 6. The van der Waals surface area contributed by atoms with Crippen molar-refractivity contribution in [3.63, 3.8) is 0 Å². The van der Waals surface area contributed by atoms with Gasteiger partial charge in [0.05, 0.1) is 0 Å². The Balaban J connectivity index is 4.40. The van der Waals surface area contributed by atoms with E-state index in [1.54, 1.807) is 0 Å². The van der Waals surface area contributed by atoms with Crippen LogP contribution in [0.1, 0.15) is 323 Å². The normalized spacial score (nSPS) is 12.7. The lowest BCUT2D eigenvalue weighted by Gasteiger charge is -2.18. The monoisotopic (exact) mass is 1080 g/mol. The molecule has 1 atom stereocenters. The highest BCUT2D eigenvalue weighted by Gasteiger charge is 2.19. The number of hydrogen-bond donors (Lipinski definition) is 0. The first-order valence-corrected chi connectivity index (χ1v) is 33.2. The molecule has 0 bridgehead atoms.